The summed E-state index contributed by atoms with van der Waals surface area (Å²) in [4.78, 5) is 15.2. The Bertz CT molecular complexity index is 959. The van der Waals surface area contributed by atoms with E-state index in [1.807, 2.05) is 23.6 Å². The van der Waals surface area contributed by atoms with Gasteiger partial charge in [-0.3, -0.25) is 4.79 Å². The Kier molecular flexibility index (Phi) is 7.98. The summed E-state index contributed by atoms with van der Waals surface area (Å²) in [5, 5.41) is 16.7. The first kappa shape index (κ1) is 22.4. The molecule has 11 heteroatoms. The van der Waals surface area contributed by atoms with Gasteiger partial charge < -0.3 is 14.7 Å². The molecule has 3 heterocycles. The van der Waals surface area contributed by atoms with Crippen molar-refractivity contribution < 1.29 is 17.7 Å². The highest BCUT2D eigenvalue weighted by atomic mass is 32.2. The summed E-state index contributed by atoms with van der Waals surface area (Å²) in [7, 11) is -3.32. The van der Waals surface area contributed by atoms with E-state index in [0.717, 1.165) is 30.7 Å². The van der Waals surface area contributed by atoms with Crippen LogP contribution in [0.4, 0.5) is 0 Å². The first-order valence-electron chi connectivity index (χ1n) is 9.86. The minimum absolute atomic E-state index is 0.171. The van der Waals surface area contributed by atoms with Crippen LogP contribution in [0.1, 0.15) is 36.2 Å². The first-order valence-corrected chi connectivity index (χ1v) is 12.3. The summed E-state index contributed by atoms with van der Waals surface area (Å²) in [6.45, 7) is 2.62. The van der Waals surface area contributed by atoms with Gasteiger partial charge in [-0.25, -0.2) is 13.1 Å². The number of unbranched alkanes of at least 4 members (excludes halogenated alkanes) is 2. The molecule has 0 atom stereocenters. The molecule has 162 valence electrons. The number of aromatic nitrogens is 1. The van der Waals surface area contributed by atoms with Crippen molar-refractivity contribution in [2.24, 2.45) is 0 Å². The van der Waals surface area contributed by atoms with Gasteiger partial charge >= 0.3 is 0 Å². The number of sulfonamides is 1. The molecule has 30 heavy (non-hydrogen) atoms. The van der Waals surface area contributed by atoms with Crippen molar-refractivity contribution in [1.29, 1.82) is 5.26 Å². The van der Waals surface area contributed by atoms with E-state index in [9.17, 15) is 13.2 Å². The van der Waals surface area contributed by atoms with Gasteiger partial charge in [-0.05, 0) is 30.8 Å². The quantitative estimate of drug-likeness (QED) is 0.471. The number of likely N-dealkylation sites (tertiary alicyclic amines) is 1. The molecule has 1 aliphatic rings. The molecule has 0 aromatic carbocycles. The van der Waals surface area contributed by atoms with Crippen LogP contribution in [0.25, 0.3) is 10.6 Å². The lowest BCUT2D eigenvalue weighted by Gasteiger charge is -2.38. The third kappa shape index (κ3) is 6.12. The topological polar surface area (TPSA) is 128 Å². The lowest BCUT2D eigenvalue weighted by molar-refractivity contribution is 0.0943. The van der Waals surface area contributed by atoms with Crippen LogP contribution in [-0.4, -0.2) is 62.4 Å². The molecule has 2 N–H and O–H groups in total. The second-order valence-electron chi connectivity index (χ2n) is 7.10. The monoisotopic (exact) mass is 451 g/mol. The molecular formula is C19H25N5O4S2. The van der Waals surface area contributed by atoms with E-state index in [2.05, 4.69) is 20.1 Å². The molecule has 0 radical (unpaired) electrons. The average molecular weight is 452 g/mol. The Morgan fingerprint density at radius 2 is 2.17 bits per heavy atom. The van der Waals surface area contributed by atoms with Crippen LogP contribution in [-0.2, 0) is 10.0 Å². The molecule has 9 nitrogen and oxygen atoms in total. The van der Waals surface area contributed by atoms with E-state index in [1.165, 1.54) is 11.3 Å². The summed E-state index contributed by atoms with van der Waals surface area (Å²) >= 11 is 1.52. The fourth-order valence-corrected chi connectivity index (χ4v) is 5.22. The maximum Gasteiger partial charge on any atom is 0.273 e. The molecule has 1 saturated heterocycles. The number of carbonyl (C=O) groups is 1. The van der Waals surface area contributed by atoms with Crippen molar-refractivity contribution in [3.8, 4) is 16.7 Å². The van der Waals surface area contributed by atoms with Gasteiger partial charge in [0.05, 0.1) is 10.9 Å². The van der Waals surface area contributed by atoms with Crippen molar-refractivity contribution in [3.05, 3.63) is 29.3 Å². The highest BCUT2D eigenvalue weighted by Gasteiger charge is 2.36. The van der Waals surface area contributed by atoms with Gasteiger partial charge in [0, 0.05) is 38.7 Å². The molecule has 0 unspecified atom stereocenters. The van der Waals surface area contributed by atoms with Crippen LogP contribution in [0.2, 0.25) is 0 Å². The van der Waals surface area contributed by atoms with Gasteiger partial charge in [-0.2, -0.15) is 5.26 Å². The van der Waals surface area contributed by atoms with Crippen LogP contribution in [0.3, 0.4) is 0 Å². The smallest absolute Gasteiger partial charge is 0.273 e. The van der Waals surface area contributed by atoms with E-state index in [0.29, 0.717) is 25.4 Å². The second kappa shape index (κ2) is 10.7. The van der Waals surface area contributed by atoms with E-state index < -0.39 is 15.3 Å². The molecule has 0 saturated carbocycles. The Balaban J connectivity index is 1.25. The number of hydrogen-bond acceptors (Lipinski definition) is 8. The minimum Gasteiger partial charge on any atom is -0.355 e. The van der Waals surface area contributed by atoms with Crippen molar-refractivity contribution in [3.63, 3.8) is 0 Å². The molecule has 1 aliphatic heterocycles. The fraction of sp³-hybridized carbons (Fsp3) is 0.526. The zero-order valence-corrected chi connectivity index (χ0v) is 18.2. The Morgan fingerprint density at radius 1 is 1.33 bits per heavy atom. The molecule has 0 aliphatic carbocycles. The van der Waals surface area contributed by atoms with Crippen molar-refractivity contribution in [2.75, 3.05) is 32.7 Å². The molecule has 2 aromatic heterocycles. The van der Waals surface area contributed by atoms with Gasteiger partial charge in [0.1, 0.15) is 5.25 Å². The SMILES string of the molecule is N#CCCNS(=O)(=O)C1CN(CCCCCNC(=O)c2cc(-c3cccs3)on2)C1. The number of thiophene rings is 1. The van der Waals surface area contributed by atoms with E-state index in [-0.39, 0.29) is 24.6 Å². The van der Waals surface area contributed by atoms with Crippen molar-refractivity contribution in [1.82, 2.24) is 20.1 Å². The molecule has 1 amide bonds. The fourth-order valence-electron chi connectivity index (χ4n) is 3.12. The van der Waals surface area contributed by atoms with Crippen LogP contribution in [0, 0.1) is 11.3 Å². The number of nitrogens with one attached hydrogen (secondary N) is 2. The number of nitriles is 1. The molecule has 0 bridgehead atoms. The summed E-state index contributed by atoms with van der Waals surface area (Å²) < 4.78 is 31.7. The predicted octanol–water partition coefficient (Wildman–Crippen LogP) is 1.82. The van der Waals surface area contributed by atoms with Gasteiger partial charge in [0.2, 0.25) is 10.0 Å². The van der Waals surface area contributed by atoms with E-state index >= 15 is 0 Å². The summed E-state index contributed by atoms with van der Waals surface area (Å²) in [5.41, 5.74) is 0.273. The van der Waals surface area contributed by atoms with Crippen molar-refractivity contribution >= 4 is 27.3 Å². The summed E-state index contributed by atoms with van der Waals surface area (Å²) in [5.74, 6) is 0.339. The molecule has 0 spiro atoms. The van der Waals surface area contributed by atoms with Crippen LogP contribution in [0.5, 0.6) is 0 Å². The van der Waals surface area contributed by atoms with Gasteiger partial charge in [0.25, 0.3) is 5.91 Å². The zero-order chi connectivity index (χ0) is 21.4. The van der Waals surface area contributed by atoms with Crippen LogP contribution in [0.15, 0.2) is 28.1 Å². The van der Waals surface area contributed by atoms with Gasteiger partial charge in [0.15, 0.2) is 11.5 Å². The number of rotatable bonds is 12. The third-order valence-electron chi connectivity index (χ3n) is 4.85. The van der Waals surface area contributed by atoms with E-state index in [1.54, 1.807) is 6.07 Å². The minimum atomic E-state index is -3.32. The normalized spacial score (nSPS) is 14.9. The van der Waals surface area contributed by atoms with E-state index in [4.69, 9.17) is 9.78 Å². The number of nitrogens with zero attached hydrogens (tertiary/aromatic N) is 3. The van der Waals surface area contributed by atoms with Gasteiger partial charge in [-0.1, -0.05) is 17.6 Å². The predicted molar refractivity (Wildman–Crippen MR) is 113 cm³/mol. The van der Waals surface area contributed by atoms with Gasteiger partial charge in [-0.15, -0.1) is 11.3 Å². The molecule has 2 aromatic rings. The highest BCUT2D eigenvalue weighted by molar-refractivity contribution is 7.90. The maximum atomic E-state index is 12.1. The highest BCUT2D eigenvalue weighted by Crippen LogP contribution is 2.25. The largest absolute Gasteiger partial charge is 0.355 e. The Labute approximate surface area is 180 Å². The summed E-state index contributed by atoms with van der Waals surface area (Å²) in [6, 6.07) is 7.39. The second-order valence-corrected chi connectivity index (χ2v) is 10.1. The maximum absolute atomic E-state index is 12.1. The Morgan fingerprint density at radius 3 is 2.90 bits per heavy atom. The third-order valence-corrected chi connectivity index (χ3v) is 7.51. The number of carbonyl (C=O) groups excluding carboxylic acids is 1. The van der Waals surface area contributed by atoms with Crippen LogP contribution < -0.4 is 10.0 Å². The molecule has 1 fully saturated rings. The van der Waals surface area contributed by atoms with Crippen molar-refractivity contribution in [2.45, 2.75) is 30.9 Å². The lowest BCUT2D eigenvalue weighted by Crippen LogP contribution is -2.57. The number of amides is 1. The first-order chi connectivity index (χ1) is 14.5. The molecular weight excluding hydrogens is 426 g/mol. The summed E-state index contributed by atoms with van der Waals surface area (Å²) in [6.07, 6.45) is 2.90. The zero-order valence-electron chi connectivity index (χ0n) is 16.5. The average Bonchev–Trinajstić information content (AvgIpc) is 3.36. The lowest BCUT2D eigenvalue weighted by atomic mass is 10.1. The molecule has 3 rings (SSSR count). The Hall–Kier alpha value is -2.26. The van der Waals surface area contributed by atoms with Crippen LogP contribution >= 0.6 is 11.3 Å². The standard InChI is InChI=1S/C19H25N5O4S2/c20-7-5-9-22-30(26,27)15-13-24(14-15)10-3-1-2-8-21-19(25)16-12-17(28-23-16)18-6-4-11-29-18/h4,6,11-12,15,22H,1-3,5,8-10,13-14H2,(H,21,25). The number of hydrogen-bond donors (Lipinski definition) is 2.